The van der Waals surface area contributed by atoms with Crippen molar-refractivity contribution in [2.75, 3.05) is 19.0 Å². The molecule has 102 valence electrons. The van der Waals surface area contributed by atoms with Gasteiger partial charge in [-0.15, -0.1) is 0 Å². The van der Waals surface area contributed by atoms with Crippen molar-refractivity contribution in [3.05, 3.63) is 28.2 Å². The van der Waals surface area contributed by atoms with Gasteiger partial charge in [-0.25, -0.2) is 0 Å². The molecule has 1 N–H and O–H groups in total. The van der Waals surface area contributed by atoms with Crippen molar-refractivity contribution in [2.24, 2.45) is 0 Å². The molecule has 18 heavy (non-hydrogen) atoms. The molecule has 0 aromatic heterocycles. The summed E-state index contributed by atoms with van der Waals surface area (Å²) < 4.78 is 44.1. The van der Waals surface area contributed by atoms with Gasteiger partial charge in [-0.3, -0.25) is 0 Å². The number of nitrogens with one attached hydrogen (secondary N) is 1. The van der Waals surface area contributed by atoms with Crippen LogP contribution in [0.15, 0.2) is 22.7 Å². The van der Waals surface area contributed by atoms with E-state index in [0.717, 1.165) is 6.07 Å². The summed E-state index contributed by atoms with van der Waals surface area (Å²) in [6.45, 7) is 2.25. The van der Waals surface area contributed by atoms with E-state index in [2.05, 4.69) is 21.2 Å². The number of rotatable bonds is 5. The zero-order valence-corrected chi connectivity index (χ0v) is 11.7. The molecule has 0 aliphatic rings. The fraction of sp³-hybridized carbons (Fsp3) is 0.500. The van der Waals surface area contributed by atoms with Crippen molar-refractivity contribution < 1.29 is 17.9 Å². The Hall–Kier alpha value is -0.750. The molecule has 0 aliphatic heterocycles. The molecule has 0 saturated heterocycles. The van der Waals surface area contributed by atoms with Crippen molar-refractivity contribution >= 4 is 21.6 Å². The highest BCUT2D eigenvalue weighted by Gasteiger charge is 2.33. The van der Waals surface area contributed by atoms with Crippen molar-refractivity contribution in [1.82, 2.24) is 0 Å². The quantitative estimate of drug-likeness (QED) is 0.871. The zero-order chi connectivity index (χ0) is 13.8. The molecule has 1 aromatic rings. The number of anilines is 1. The van der Waals surface area contributed by atoms with E-state index in [-0.39, 0.29) is 11.7 Å². The van der Waals surface area contributed by atoms with Crippen molar-refractivity contribution in [2.45, 2.75) is 25.6 Å². The third kappa shape index (κ3) is 4.17. The standard InChI is InChI=1S/C12H15BrF3NO/c1-3-9(7-18-2)17-11-6-8(13)4-5-10(11)12(14,15)16/h4-6,9,17H,3,7H2,1-2H3. The van der Waals surface area contributed by atoms with Crippen molar-refractivity contribution in [1.29, 1.82) is 0 Å². The second-order valence-electron chi connectivity index (χ2n) is 3.89. The predicted molar refractivity (Wildman–Crippen MR) is 68.7 cm³/mol. The van der Waals surface area contributed by atoms with E-state index >= 15 is 0 Å². The third-order valence-corrected chi connectivity index (χ3v) is 3.00. The fourth-order valence-corrected chi connectivity index (χ4v) is 1.93. The van der Waals surface area contributed by atoms with Crippen LogP contribution < -0.4 is 5.32 Å². The van der Waals surface area contributed by atoms with E-state index in [1.165, 1.54) is 19.2 Å². The van der Waals surface area contributed by atoms with Crippen LogP contribution in [0, 0.1) is 0 Å². The van der Waals surface area contributed by atoms with Crippen LogP contribution in [0.4, 0.5) is 18.9 Å². The highest BCUT2D eigenvalue weighted by Crippen LogP contribution is 2.36. The highest BCUT2D eigenvalue weighted by molar-refractivity contribution is 9.10. The second-order valence-corrected chi connectivity index (χ2v) is 4.81. The van der Waals surface area contributed by atoms with E-state index in [4.69, 9.17) is 4.74 Å². The fourth-order valence-electron chi connectivity index (χ4n) is 1.57. The Labute approximate surface area is 113 Å². The summed E-state index contributed by atoms with van der Waals surface area (Å²) in [4.78, 5) is 0. The van der Waals surface area contributed by atoms with Gasteiger partial charge in [0.15, 0.2) is 0 Å². The Kier molecular flexibility index (Phi) is 5.47. The van der Waals surface area contributed by atoms with Gasteiger partial charge in [-0.1, -0.05) is 22.9 Å². The van der Waals surface area contributed by atoms with E-state index in [1.54, 1.807) is 0 Å². The van der Waals surface area contributed by atoms with Crippen LogP contribution in [-0.2, 0) is 10.9 Å². The minimum atomic E-state index is -4.37. The van der Waals surface area contributed by atoms with Gasteiger partial charge in [-0.2, -0.15) is 13.2 Å². The Morgan fingerprint density at radius 1 is 1.39 bits per heavy atom. The first-order chi connectivity index (χ1) is 8.38. The maximum absolute atomic E-state index is 12.8. The van der Waals surface area contributed by atoms with Gasteiger partial charge in [0, 0.05) is 23.3 Å². The number of hydrogen-bond acceptors (Lipinski definition) is 2. The molecule has 1 atom stereocenters. The Balaban J connectivity index is 3.02. The topological polar surface area (TPSA) is 21.3 Å². The minimum absolute atomic E-state index is 0.0702. The lowest BCUT2D eigenvalue weighted by Crippen LogP contribution is -2.25. The monoisotopic (exact) mass is 325 g/mol. The second kappa shape index (κ2) is 6.43. The summed E-state index contributed by atoms with van der Waals surface area (Å²) in [5.74, 6) is 0. The van der Waals surface area contributed by atoms with Crippen LogP contribution >= 0.6 is 15.9 Å². The van der Waals surface area contributed by atoms with Crippen LogP contribution in [0.1, 0.15) is 18.9 Å². The van der Waals surface area contributed by atoms with Crippen LogP contribution in [0.3, 0.4) is 0 Å². The van der Waals surface area contributed by atoms with Gasteiger partial charge in [0.2, 0.25) is 0 Å². The summed E-state index contributed by atoms with van der Waals surface area (Å²) >= 11 is 3.18. The lowest BCUT2D eigenvalue weighted by atomic mass is 10.1. The minimum Gasteiger partial charge on any atom is -0.383 e. The average Bonchev–Trinajstić information content (AvgIpc) is 2.26. The molecule has 1 aromatic carbocycles. The van der Waals surface area contributed by atoms with E-state index in [1.807, 2.05) is 6.92 Å². The first-order valence-corrected chi connectivity index (χ1v) is 6.30. The Morgan fingerprint density at radius 3 is 2.56 bits per heavy atom. The van der Waals surface area contributed by atoms with Gasteiger partial charge in [0.1, 0.15) is 0 Å². The number of alkyl halides is 3. The molecular weight excluding hydrogens is 311 g/mol. The van der Waals surface area contributed by atoms with Gasteiger partial charge >= 0.3 is 6.18 Å². The number of ether oxygens (including phenoxy) is 1. The highest BCUT2D eigenvalue weighted by atomic mass is 79.9. The predicted octanol–water partition coefficient (Wildman–Crippen LogP) is 4.30. The molecule has 0 spiro atoms. The number of halogens is 4. The Bertz CT molecular complexity index is 395. The molecule has 2 nitrogen and oxygen atoms in total. The summed E-state index contributed by atoms with van der Waals surface area (Å²) in [6.07, 6.45) is -3.69. The third-order valence-electron chi connectivity index (χ3n) is 2.51. The molecule has 1 rings (SSSR count). The zero-order valence-electron chi connectivity index (χ0n) is 10.1. The lowest BCUT2D eigenvalue weighted by molar-refractivity contribution is -0.137. The van der Waals surface area contributed by atoms with E-state index < -0.39 is 11.7 Å². The molecular formula is C12H15BrF3NO. The molecule has 0 bridgehead atoms. The molecule has 0 radical (unpaired) electrons. The average molecular weight is 326 g/mol. The van der Waals surface area contributed by atoms with E-state index in [9.17, 15) is 13.2 Å². The molecule has 0 amide bonds. The normalized spacial score (nSPS) is 13.4. The smallest absolute Gasteiger partial charge is 0.383 e. The van der Waals surface area contributed by atoms with Crippen LogP contribution in [0.2, 0.25) is 0 Å². The lowest BCUT2D eigenvalue weighted by Gasteiger charge is -2.21. The summed E-state index contributed by atoms with van der Waals surface area (Å²) in [7, 11) is 1.52. The van der Waals surface area contributed by atoms with Gasteiger partial charge in [0.25, 0.3) is 0 Å². The van der Waals surface area contributed by atoms with Gasteiger partial charge in [-0.05, 0) is 24.6 Å². The number of benzene rings is 1. The molecule has 0 saturated carbocycles. The van der Waals surface area contributed by atoms with Crippen molar-refractivity contribution in [3.63, 3.8) is 0 Å². The maximum atomic E-state index is 12.8. The van der Waals surface area contributed by atoms with Crippen LogP contribution in [0.25, 0.3) is 0 Å². The molecule has 1 unspecified atom stereocenters. The Morgan fingerprint density at radius 2 is 2.06 bits per heavy atom. The summed E-state index contributed by atoms with van der Waals surface area (Å²) in [6, 6.07) is 3.73. The van der Waals surface area contributed by atoms with Crippen LogP contribution in [-0.4, -0.2) is 19.8 Å². The summed E-state index contributed by atoms with van der Waals surface area (Å²) in [5.41, 5.74) is -0.596. The van der Waals surface area contributed by atoms with Crippen LogP contribution in [0.5, 0.6) is 0 Å². The van der Waals surface area contributed by atoms with Crippen molar-refractivity contribution in [3.8, 4) is 0 Å². The first kappa shape index (κ1) is 15.3. The van der Waals surface area contributed by atoms with Gasteiger partial charge in [0.05, 0.1) is 12.2 Å². The molecule has 0 heterocycles. The largest absolute Gasteiger partial charge is 0.418 e. The SMILES string of the molecule is CCC(COC)Nc1cc(Br)ccc1C(F)(F)F. The molecule has 6 heteroatoms. The molecule has 0 aliphatic carbocycles. The number of hydrogen-bond donors (Lipinski definition) is 1. The first-order valence-electron chi connectivity index (χ1n) is 5.50. The maximum Gasteiger partial charge on any atom is 0.418 e. The van der Waals surface area contributed by atoms with E-state index in [0.29, 0.717) is 17.5 Å². The molecule has 0 fully saturated rings. The number of methoxy groups -OCH3 is 1. The van der Waals surface area contributed by atoms with Gasteiger partial charge < -0.3 is 10.1 Å². The summed E-state index contributed by atoms with van der Waals surface area (Å²) in [5, 5.41) is 2.87.